The summed E-state index contributed by atoms with van der Waals surface area (Å²) in [5.74, 6) is 0.842. The molecule has 160 valence electrons. The van der Waals surface area contributed by atoms with E-state index >= 15 is 0 Å². The number of nitrogens with one attached hydrogen (secondary N) is 3. The number of halogens is 1. The standard InChI is InChI=1S/C20H23N5O4.ClH/c26-19(13-25-7-6-22-12-16(25)14-2-1-5-21-11-14)24-20(27)23-15-3-4-17-18(10-15)29-9-8-28-17;/h1-5,10-11,16,22H,6-9,12-13H2,(H2,23,24,26,27);1H. The van der Waals surface area contributed by atoms with Crippen LogP contribution in [-0.2, 0) is 4.79 Å². The lowest BCUT2D eigenvalue weighted by Gasteiger charge is -2.35. The number of piperazine rings is 1. The quantitative estimate of drug-likeness (QED) is 0.672. The molecule has 1 fully saturated rings. The van der Waals surface area contributed by atoms with Gasteiger partial charge < -0.3 is 20.1 Å². The third kappa shape index (κ3) is 5.38. The number of pyridine rings is 1. The number of imide groups is 1. The Balaban J connectivity index is 0.00000256. The van der Waals surface area contributed by atoms with E-state index in [9.17, 15) is 9.59 Å². The van der Waals surface area contributed by atoms with Gasteiger partial charge in [0.2, 0.25) is 5.91 Å². The number of amides is 3. The largest absolute Gasteiger partial charge is 0.486 e. The Hall–Kier alpha value is -2.88. The molecule has 2 aromatic rings. The van der Waals surface area contributed by atoms with Crippen molar-refractivity contribution in [3.8, 4) is 11.5 Å². The maximum Gasteiger partial charge on any atom is 0.325 e. The van der Waals surface area contributed by atoms with Gasteiger partial charge in [0.25, 0.3) is 0 Å². The summed E-state index contributed by atoms with van der Waals surface area (Å²) < 4.78 is 11.0. The maximum atomic E-state index is 12.4. The van der Waals surface area contributed by atoms with Gasteiger partial charge in [-0.15, -0.1) is 12.4 Å². The fraction of sp³-hybridized carbons (Fsp3) is 0.350. The number of urea groups is 1. The van der Waals surface area contributed by atoms with Gasteiger partial charge in [0.1, 0.15) is 13.2 Å². The average molecular weight is 434 g/mol. The van der Waals surface area contributed by atoms with E-state index in [1.165, 1.54) is 0 Å². The van der Waals surface area contributed by atoms with Crippen LogP contribution in [0.3, 0.4) is 0 Å². The fourth-order valence-electron chi connectivity index (χ4n) is 3.47. The summed E-state index contributed by atoms with van der Waals surface area (Å²) in [5, 5.41) is 8.38. The zero-order valence-electron chi connectivity index (χ0n) is 16.3. The third-order valence-corrected chi connectivity index (χ3v) is 4.82. The molecule has 1 atom stereocenters. The summed E-state index contributed by atoms with van der Waals surface area (Å²) >= 11 is 0. The normalized spacial score (nSPS) is 18.1. The lowest BCUT2D eigenvalue weighted by Crippen LogP contribution is -2.50. The smallest absolute Gasteiger partial charge is 0.325 e. The van der Waals surface area contributed by atoms with Crippen LogP contribution >= 0.6 is 12.4 Å². The van der Waals surface area contributed by atoms with Crippen molar-refractivity contribution in [3.05, 3.63) is 48.3 Å². The number of fused-ring (bicyclic) bond motifs is 1. The predicted molar refractivity (Wildman–Crippen MR) is 113 cm³/mol. The maximum absolute atomic E-state index is 12.4. The fourth-order valence-corrected chi connectivity index (χ4v) is 3.47. The predicted octanol–water partition coefficient (Wildman–Crippen LogP) is 1.57. The van der Waals surface area contributed by atoms with E-state index in [-0.39, 0.29) is 30.9 Å². The summed E-state index contributed by atoms with van der Waals surface area (Å²) in [5.41, 5.74) is 1.56. The molecule has 1 unspecified atom stereocenters. The molecule has 3 amide bonds. The first-order valence-electron chi connectivity index (χ1n) is 9.54. The Morgan fingerprint density at radius 3 is 2.83 bits per heavy atom. The second-order valence-corrected chi connectivity index (χ2v) is 6.84. The molecule has 3 N–H and O–H groups in total. The van der Waals surface area contributed by atoms with Crippen molar-refractivity contribution in [1.29, 1.82) is 0 Å². The van der Waals surface area contributed by atoms with Crippen molar-refractivity contribution < 1.29 is 19.1 Å². The van der Waals surface area contributed by atoms with E-state index in [2.05, 4.69) is 20.9 Å². The van der Waals surface area contributed by atoms with Crippen molar-refractivity contribution in [2.75, 3.05) is 44.7 Å². The van der Waals surface area contributed by atoms with E-state index in [1.54, 1.807) is 30.6 Å². The lowest BCUT2D eigenvalue weighted by molar-refractivity contribution is -0.121. The first-order chi connectivity index (χ1) is 14.2. The summed E-state index contributed by atoms with van der Waals surface area (Å²) in [6.07, 6.45) is 3.52. The summed E-state index contributed by atoms with van der Waals surface area (Å²) in [7, 11) is 0. The number of hydrogen-bond acceptors (Lipinski definition) is 7. The van der Waals surface area contributed by atoms with E-state index in [4.69, 9.17) is 9.47 Å². The highest BCUT2D eigenvalue weighted by atomic mass is 35.5. The van der Waals surface area contributed by atoms with Crippen molar-refractivity contribution in [3.63, 3.8) is 0 Å². The molecule has 1 aromatic heterocycles. The Bertz CT molecular complexity index is 883. The molecular weight excluding hydrogens is 410 g/mol. The summed E-state index contributed by atoms with van der Waals surface area (Å²) in [6.45, 7) is 3.30. The third-order valence-electron chi connectivity index (χ3n) is 4.82. The second-order valence-electron chi connectivity index (χ2n) is 6.84. The first kappa shape index (κ1) is 21.8. The molecule has 2 aliphatic rings. The van der Waals surface area contributed by atoms with E-state index in [0.717, 1.165) is 18.7 Å². The van der Waals surface area contributed by atoms with Gasteiger partial charge in [-0.3, -0.25) is 20.0 Å². The van der Waals surface area contributed by atoms with Crippen molar-refractivity contribution >= 4 is 30.0 Å². The lowest BCUT2D eigenvalue weighted by atomic mass is 10.1. The highest BCUT2D eigenvalue weighted by Crippen LogP contribution is 2.32. The van der Waals surface area contributed by atoms with E-state index in [0.29, 0.717) is 36.9 Å². The molecule has 0 bridgehead atoms. The molecule has 4 rings (SSSR count). The van der Waals surface area contributed by atoms with Crippen molar-refractivity contribution in [2.24, 2.45) is 0 Å². The van der Waals surface area contributed by atoms with Gasteiger partial charge in [0.15, 0.2) is 11.5 Å². The number of anilines is 1. The number of aromatic nitrogens is 1. The van der Waals surface area contributed by atoms with E-state index in [1.807, 2.05) is 17.0 Å². The minimum absolute atomic E-state index is 0. The zero-order valence-corrected chi connectivity index (χ0v) is 17.1. The molecule has 0 radical (unpaired) electrons. The zero-order chi connectivity index (χ0) is 20.1. The van der Waals surface area contributed by atoms with Crippen LogP contribution in [-0.4, -0.2) is 61.2 Å². The number of rotatable bonds is 4. The SMILES string of the molecule is Cl.O=C(CN1CCNCC1c1cccnc1)NC(=O)Nc1ccc2c(c1)OCCO2. The van der Waals surface area contributed by atoms with Gasteiger partial charge in [0, 0.05) is 49.8 Å². The summed E-state index contributed by atoms with van der Waals surface area (Å²) in [6, 6.07) is 8.42. The van der Waals surface area contributed by atoms with Gasteiger partial charge in [-0.05, 0) is 23.8 Å². The molecule has 1 saturated heterocycles. The Kier molecular flexibility index (Phi) is 7.45. The Morgan fingerprint density at radius 2 is 2.03 bits per heavy atom. The van der Waals surface area contributed by atoms with Gasteiger partial charge in [-0.2, -0.15) is 0 Å². The van der Waals surface area contributed by atoms with Crippen LogP contribution in [0.5, 0.6) is 11.5 Å². The number of carbonyl (C=O) groups is 2. The van der Waals surface area contributed by atoms with Crippen LogP contribution in [0.4, 0.5) is 10.5 Å². The Morgan fingerprint density at radius 1 is 1.20 bits per heavy atom. The van der Waals surface area contributed by atoms with Crippen LogP contribution in [0, 0.1) is 0 Å². The number of ether oxygens (including phenoxy) is 2. The van der Waals surface area contributed by atoms with Crippen LogP contribution in [0.15, 0.2) is 42.7 Å². The van der Waals surface area contributed by atoms with Gasteiger partial charge in [0.05, 0.1) is 6.54 Å². The van der Waals surface area contributed by atoms with Gasteiger partial charge in [-0.25, -0.2) is 4.79 Å². The minimum atomic E-state index is -0.584. The van der Waals surface area contributed by atoms with Crippen molar-refractivity contribution in [2.45, 2.75) is 6.04 Å². The molecule has 0 aliphatic carbocycles. The molecular formula is C20H24ClN5O4. The molecule has 1 aromatic carbocycles. The van der Waals surface area contributed by atoms with Crippen molar-refractivity contribution in [1.82, 2.24) is 20.5 Å². The van der Waals surface area contributed by atoms with Gasteiger partial charge in [-0.1, -0.05) is 6.07 Å². The molecule has 0 saturated carbocycles. The highest BCUT2D eigenvalue weighted by molar-refractivity contribution is 6.01. The van der Waals surface area contributed by atoms with Gasteiger partial charge >= 0.3 is 6.03 Å². The molecule has 3 heterocycles. The number of hydrogen-bond donors (Lipinski definition) is 3. The molecule has 9 nitrogen and oxygen atoms in total. The first-order valence-corrected chi connectivity index (χ1v) is 9.54. The average Bonchev–Trinajstić information content (AvgIpc) is 2.74. The van der Waals surface area contributed by atoms with Crippen LogP contribution < -0.4 is 25.4 Å². The van der Waals surface area contributed by atoms with Crippen LogP contribution in [0.2, 0.25) is 0 Å². The molecule has 0 spiro atoms. The van der Waals surface area contributed by atoms with Crippen LogP contribution in [0.1, 0.15) is 11.6 Å². The monoisotopic (exact) mass is 433 g/mol. The number of nitrogens with zero attached hydrogens (tertiary/aromatic N) is 2. The number of benzene rings is 1. The molecule has 30 heavy (non-hydrogen) atoms. The number of carbonyl (C=O) groups excluding carboxylic acids is 2. The second kappa shape index (κ2) is 10.2. The summed E-state index contributed by atoms with van der Waals surface area (Å²) in [4.78, 5) is 30.9. The topological polar surface area (TPSA) is 105 Å². The Labute approximate surface area is 180 Å². The highest BCUT2D eigenvalue weighted by Gasteiger charge is 2.26. The minimum Gasteiger partial charge on any atom is -0.486 e. The molecule has 10 heteroatoms. The van der Waals surface area contributed by atoms with E-state index < -0.39 is 6.03 Å². The molecule has 2 aliphatic heterocycles. The van der Waals surface area contributed by atoms with Crippen LogP contribution in [0.25, 0.3) is 0 Å².